The first kappa shape index (κ1) is 16.5. The molecule has 0 spiro atoms. The van der Waals surface area contributed by atoms with Gasteiger partial charge in [-0.25, -0.2) is 4.98 Å². The Morgan fingerprint density at radius 3 is 2.88 bits per heavy atom. The van der Waals surface area contributed by atoms with Crippen LogP contribution in [0.15, 0.2) is 39.6 Å². The fourth-order valence-electron chi connectivity index (χ4n) is 3.00. The summed E-state index contributed by atoms with van der Waals surface area (Å²) in [5.74, 6) is 0.964. The molecule has 0 saturated heterocycles. The summed E-state index contributed by atoms with van der Waals surface area (Å²) >= 11 is 0. The normalized spacial score (nSPS) is 13.9. The predicted molar refractivity (Wildman–Crippen MR) is 93.6 cm³/mol. The first-order valence-corrected chi connectivity index (χ1v) is 8.70. The topological polar surface area (TPSA) is 87.2 Å². The molecule has 0 atom stereocenters. The number of ether oxygens (including phenoxy) is 1. The molecule has 4 rings (SSSR count). The Morgan fingerprint density at radius 2 is 2.15 bits per heavy atom. The average molecular weight is 353 g/mol. The van der Waals surface area contributed by atoms with E-state index in [1.807, 2.05) is 18.2 Å². The van der Waals surface area contributed by atoms with Gasteiger partial charge in [-0.2, -0.15) is 0 Å². The number of hydrogen-bond acceptors (Lipinski definition) is 6. The van der Waals surface area contributed by atoms with Crippen LogP contribution in [0, 0.1) is 6.92 Å². The largest absolute Gasteiger partial charge is 0.459 e. The molecule has 1 saturated carbocycles. The van der Waals surface area contributed by atoms with Crippen molar-refractivity contribution in [3.63, 3.8) is 0 Å². The number of rotatable bonds is 6. The number of aryl methyl sites for hydroxylation is 2. The van der Waals surface area contributed by atoms with Gasteiger partial charge in [0, 0.05) is 18.5 Å². The fourth-order valence-corrected chi connectivity index (χ4v) is 3.00. The molecule has 134 valence electrons. The van der Waals surface area contributed by atoms with Crippen molar-refractivity contribution in [2.75, 3.05) is 0 Å². The van der Waals surface area contributed by atoms with E-state index in [1.54, 1.807) is 23.6 Å². The molecule has 2 heterocycles. The summed E-state index contributed by atoms with van der Waals surface area (Å²) in [7, 11) is 0. The zero-order valence-corrected chi connectivity index (χ0v) is 14.5. The van der Waals surface area contributed by atoms with Crippen molar-refractivity contribution in [1.29, 1.82) is 0 Å². The first-order chi connectivity index (χ1) is 12.6. The molecule has 0 bridgehead atoms. The van der Waals surface area contributed by atoms with Crippen molar-refractivity contribution >= 4 is 16.9 Å². The van der Waals surface area contributed by atoms with Crippen LogP contribution < -0.4 is 5.56 Å². The highest BCUT2D eigenvalue weighted by atomic mass is 16.5. The Balaban J connectivity index is 1.49. The molecule has 7 nitrogen and oxygen atoms in total. The van der Waals surface area contributed by atoms with Crippen LogP contribution in [0.5, 0.6) is 0 Å². The zero-order chi connectivity index (χ0) is 18.1. The van der Waals surface area contributed by atoms with Gasteiger partial charge in [0.1, 0.15) is 23.9 Å². The van der Waals surface area contributed by atoms with Gasteiger partial charge in [-0.3, -0.25) is 14.2 Å². The summed E-state index contributed by atoms with van der Waals surface area (Å²) < 4.78 is 11.9. The van der Waals surface area contributed by atoms with E-state index in [-0.39, 0.29) is 30.6 Å². The van der Waals surface area contributed by atoms with Gasteiger partial charge in [0.05, 0.1) is 17.3 Å². The van der Waals surface area contributed by atoms with Crippen LogP contribution in [0.2, 0.25) is 0 Å². The molecule has 7 heteroatoms. The fraction of sp³-hybridized carbons (Fsp3) is 0.368. The minimum atomic E-state index is -0.351. The number of esters is 1. The Bertz CT molecular complexity index is 1020. The van der Waals surface area contributed by atoms with Crippen LogP contribution in [0.25, 0.3) is 10.9 Å². The third-order valence-corrected chi connectivity index (χ3v) is 4.40. The molecule has 1 aromatic carbocycles. The Morgan fingerprint density at radius 1 is 1.35 bits per heavy atom. The molecule has 1 aliphatic rings. The third-order valence-electron chi connectivity index (χ3n) is 4.40. The molecule has 0 amide bonds. The standard InChI is InChI=1S/C19H19N3O4/c1-12-10-13(21-26-12)11-25-18(23)9-8-17-20-16-5-3-2-4-15(16)19(24)22(17)14-6-7-14/h2-5,10,14H,6-9,11H2,1H3. The second kappa shape index (κ2) is 6.74. The maximum Gasteiger partial charge on any atom is 0.306 e. The van der Waals surface area contributed by atoms with Crippen LogP contribution in [0.1, 0.15) is 42.6 Å². The highest BCUT2D eigenvalue weighted by molar-refractivity contribution is 5.77. The highest BCUT2D eigenvalue weighted by Gasteiger charge is 2.28. The van der Waals surface area contributed by atoms with E-state index in [0.717, 1.165) is 12.8 Å². The molecule has 0 unspecified atom stereocenters. The molecule has 26 heavy (non-hydrogen) atoms. The van der Waals surface area contributed by atoms with E-state index >= 15 is 0 Å². The SMILES string of the molecule is Cc1cc(COC(=O)CCc2nc3ccccc3c(=O)n2C2CC2)no1. The summed E-state index contributed by atoms with van der Waals surface area (Å²) in [4.78, 5) is 29.4. The lowest BCUT2D eigenvalue weighted by Gasteiger charge is -2.12. The Hall–Kier alpha value is -2.96. The van der Waals surface area contributed by atoms with Crippen molar-refractivity contribution < 1.29 is 14.1 Å². The lowest BCUT2D eigenvalue weighted by Crippen LogP contribution is -2.25. The maximum absolute atomic E-state index is 12.8. The number of carbonyl (C=O) groups excluding carboxylic acids is 1. The number of para-hydroxylation sites is 1. The zero-order valence-electron chi connectivity index (χ0n) is 14.5. The number of benzene rings is 1. The highest BCUT2D eigenvalue weighted by Crippen LogP contribution is 2.34. The summed E-state index contributed by atoms with van der Waals surface area (Å²) in [5.41, 5.74) is 1.21. The van der Waals surface area contributed by atoms with E-state index in [4.69, 9.17) is 9.26 Å². The molecule has 2 aromatic heterocycles. The van der Waals surface area contributed by atoms with Crippen molar-refractivity contribution in [1.82, 2.24) is 14.7 Å². The molecule has 3 aromatic rings. The monoisotopic (exact) mass is 353 g/mol. The van der Waals surface area contributed by atoms with Crippen LogP contribution in [0.3, 0.4) is 0 Å². The smallest absolute Gasteiger partial charge is 0.306 e. The van der Waals surface area contributed by atoms with Crippen molar-refractivity contribution in [3.8, 4) is 0 Å². The van der Waals surface area contributed by atoms with Crippen molar-refractivity contribution in [2.45, 2.75) is 45.3 Å². The first-order valence-electron chi connectivity index (χ1n) is 8.70. The summed E-state index contributed by atoms with van der Waals surface area (Å²) in [5, 5.41) is 4.41. The number of fused-ring (bicyclic) bond motifs is 1. The van der Waals surface area contributed by atoms with Crippen molar-refractivity contribution in [3.05, 3.63) is 58.0 Å². The average Bonchev–Trinajstić information content (AvgIpc) is 3.39. The Kier molecular flexibility index (Phi) is 4.28. The number of carbonyl (C=O) groups is 1. The molecule has 0 N–H and O–H groups in total. The molecular formula is C19H19N3O4. The Labute approximate surface area is 149 Å². The second-order valence-corrected chi connectivity index (χ2v) is 6.54. The van der Waals surface area contributed by atoms with E-state index in [0.29, 0.717) is 34.6 Å². The lowest BCUT2D eigenvalue weighted by molar-refractivity contribution is -0.145. The van der Waals surface area contributed by atoms with Gasteiger partial charge in [-0.05, 0) is 31.9 Å². The number of aromatic nitrogens is 3. The second-order valence-electron chi connectivity index (χ2n) is 6.54. The lowest BCUT2D eigenvalue weighted by atomic mass is 10.2. The summed E-state index contributed by atoms with van der Waals surface area (Å²) in [6.45, 7) is 1.86. The summed E-state index contributed by atoms with van der Waals surface area (Å²) in [6, 6.07) is 9.23. The van der Waals surface area contributed by atoms with Crippen molar-refractivity contribution in [2.24, 2.45) is 0 Å². The quantitative estimate of drug-likeness (QED) is 0.633. The van der Waals surface area contributed by atoms with Crippen LogP contribution in [0.4, 0.5) is 0 Å². The third kappa shape index (κ3) is 3.37. The summed E-state index contributed by atoms with van der Waals surface area (Å²) in [6.07, 6.45) is 2.48. The molecular weight excluding hydrogens is 334 g/mol. The minimum absolute atomic E-state index is 0.0282. The van der Waals surface area contributed by atoms with Gasteiger partial charge in [-0.1, -0.05) is 17.3 Å². The van der Waals surface area contributed by atoms with Crippen LogP contribution in [-0.4, -0.2) is 20.7 Å². The maximum atomic E-state index is 12.8. The van der Waals surface area contributed by atoms with Crippen LogP contribution >= 0.6 is 0 Å². The molecule has 1 fully saturated rings. The molecule has 1 aliphatic carbocycles. The predicted octanol–water partition coefficient (Wildman–Crippen LogP) is 2.70. The van der Waals surface area contributed by atoms with Gasteiger partial charge in [0.15, 0.2) is 0 Å². The van der Waals surface area contributed by atoms with Crippen LogP contribution in [-0.2, 0) is 22.6 Å². The van der Waals surface area contributed by atoms with E-state index in [9.17, 15) is 9.59 Å². The number of nitrogens with zero attached hydrogens (tertiary/aromatic N) is 3. The van der Waals surface area contributed by atoms with E-state index in [2.05, 4.69) is 10.1 Å². The van der Waals surface area contributed by atoms with Gasteiger partial charge < -0.3 is 9.26 Å². The van der Waals surface area contributed by atoms with E-state index < -0.39 is 0 Å². The molecule has 0 radical (unpaired) electrons. The number of hydrogen-bond donors (Lipinski definition) is 0. The van der Waals surface area contributed by atoms with Gasteiger partial charge in [-0.15, -0.1) is 0 Å². The van der Waals surface area contributed by atoms with E-state index in [1.165, 1.54) is 0 Å². The van der Waals surface area contributed by atoms with Gasteiger partial charge >= 0.3 is 5.97 Å². The van der Waals surface area contributed by atoms with Gasteiger partial charge in [0.2, 0.25) is 0 Å². The van der Waals surface area contributed by atoms with Gasteiger partial charge in [0.25, 0.3) is 5.56 Å². The minimum Gasteiger partial charge on any atom is -0.459 e. The molecule has 0 aliphatic heterocycles.